The third-order valence-electron chi connectivity index (χ3n) is 5.96. The molecule has 0 unspecified atom stereocenters. The highest BCUT2D eigenvalue weighted by Gasteiger charge is 2.22. The minimum atomic E-state index is 0.0679. The Hall–Kier alpha value is -2.53. The third-order valence-corrected chi connectivity index (χ3v) is 6.70. The van der Waals surface area contributed by atoms with E-state index in [0.717, 1.165) is 42.9 Å². The maximum atomic E-state index is 13.1. The lowest BCUT2D eigenvalue weighted by Gasteiger charge is -2.35. The van der Waals surface area contributed by atoms with Gasteiger partial charge in [-0.2, -0.15) is 0 Å². The van der Waals surface area contributed by atoms with Crippen molar-refractivity contribution in [1.82, 2.24) is 9.80 Å². The van der Waals surface area contributed by atoms with Crippen LogP contribution < -0.4 is 4.74 Å². The number of rotatable bonds is 7. The van der Waals surface area contributed by atoms with Crippen molar-refractivity contribution in [3.63, 3.8) is 0 Å². The van der Waals surface area contributed by atoms with Crippen molar-refractivity contribution in [2.24, 2.45) is 0 Å². The van der Waals surface area contributed by atoms with Gasteiger partial charge in [0.2, 0.25) is 0 Å². The van der Waals surface area contributed by atoms with Gasteiger partial charge in [0.05, 0.1) is 10.0 Å². The summed E-state index contributed by atoms with van der Waals surface area (Å²) in [5, 5.41) is 1.14. The molecular weight excluding hydrogens is 455 g/mol. The second kappa shape index (κ2) is 11.1. The Morgan fingerprint density at radius 3 is 2.27 bits per heavy atom. The lowest BCUT2D eigenvalue weighted by atomic mass is 10.1. The highest BCUT2D eigenvalue weighted by molar-refractivity contribution is 6.42. The molecule has 0 aromatic heterocycles. The van der Waals surface area contributed by atoms with E-state index in [1.807, 2.05) is 59.5 Å². The molecule has 0 N–H and O–H groups in total. The largest absolute Gasteiger partial charge is 0.489 e. The van der Waals surface area contributed by atoms with Gasteiger partial charge in [0.15, 0.2) is 0 Å². The standard InChI is InChI=1S/C27H28Cl2N2O2/c1-2-20-6-9-24(10-7-20)33-19-22-4-3-5-23(16-22)27(32)31-14-12-30(13-15-31)18-21-8-11-25(28)26(29)17-21/h3-11,16-17H,2,12-15,18-19H2,1H3. The number of carbonyl (C=O) groups excluding carboxylic acids is 1. The molecule has 0 aliphatic carbocycles. The molecular formula is C27H28Cl2N2O2. The second-order valence-corrected chi connectivity index (χ2v) is 9.12. The van der Waals surface area contributed by atoms with Gasteiger partial charge >= 0.3 is 0 Å². The van der Waals surface area contributed by atoms with E-state index in [-0.39, 0.29) is 5.91 Å². The molecule has 4 rings (SSSR count). The smallest absolute Gasteiger partial charge is 0.253 e. The number of piperazine rings is 1. The first-order valence-corrected chi connectivity index (χ1v) is 12.0. The van der Waals surface area contributed by atoms with Gasteiger partial charge in [-0.1, -0.05) is 60.5 Å². The van der Waals surface area contributed by atoms with Crippen molar-refractivity contribution in [1.29, 1.82) is 0 Å². The molecule has 1 amide bonds. The van der Waals surface area contributed by atoms with Gasteiger partial charge in [0, 0.05) is 38.3 Å². The fourth-order valence-corrected chi connectivity index (χ4v) is 4.29. The summed E-state index contributed by atoms with van der Waals surface area (Å²) in [7, 11) is 0. The van der Waals surface area contributed by atoms with Crippen molar-refractivity contribution >= 4 is 29.1 Å². The number of aryl methyl sites for hydroxylation is 1. The van der Waals surface area contributed by atoms with Crippen molar-refractivity contribution in [2.45, 2.75) is 26.5 Å². The lowest BCUT2D eigenvalue weighted by Crippen LogP contribution is -2.48. The van der Waals surface area contributed by atoms with Gasteiger partial charge in [0.1, 0.15) is 12.4 Å². The molecule has 4 nitrogen and oxygen atoms in total. The van der Waals surface area contributed by atoms with Crippen LogP contribution in [0, 0.1) is 0 Å². The summed E-state index contributed by atoms with van der Waals surface area (Å²) in [4.78, 5) is 17.3. The Bertz CT molecular complexity index is 1090. The monoisotopic (exact) mass is 482 g/mol. The quantitative estimate of drug-likeness (QED) is 0.408. The van der Waals surface area contributed by atoms with E-state index >= 15 is 0 Å². The molecule has 1 fully saturated rings. The molecule has 0 saturated carbocycles. The number of benzene rings is 3. The molecule has 0 radical (unpaired) electrons. The normalized spacial score (nSPS) is 14.3. The fraction of sp³-hybridized carbons (Fsp3) is 0.296. The van der Waals surface area contributed by atoms with Crippen LogP contribution in [-0.4, -0.2) is 41.9 Å². The van der Waals surface area contributed by atoms with E-state index in [0.29, 0.717) is 35.3 Å². The van der Waals surface area contributed by atoms with Crippen LogP contribution in [0.5, 0.6) is 5.75 Å². The zero-order valence-electron chi connectivity index (χ0n) is 18.8. The SMILES string of the molecule is CCc1ccc(OCc2cccc(C(=O)N3CCN(Cc4ccc(Cl)c(Cl)c4)CC3)c2)cc1. The topological polar surface area (TPSA) is 32.8 Å². The average Bonchev–Trinajstić information content (AvgIpc) is 2.85. The van der Waals surface area contributed by atoms with E-state index in [1.54, 1.807) is 0 Å². The molecule has 1 saturated heterocycles. The molecule has 3 aromatic carbocycles. The fourth-order valence-electron chi connectivity index (χ4n) is 3.97. The van der Waals surface area contributed by atoms with Crippen LogP contribution in [0.1, 0.15) is 34.0 Å². The molecule has 33 heavy (non-hydrogen) atoms. The Morgan fingerprint density at radius 2 is 1.58 bits per heavy atom. The van der Waals surface area contributed by atoms with Gasteiger partial charge in [-0.25, -0.2) is 0 Å². The molecule has 6 heteroatoms. The van der Waals surface area contributed by atoms with Gasteiger partial charge in [-0.05, 0) is 59.5 Å². The van der Waals surface area contributed by atoms with Crippen LogP contribution >= 0.6 is 23.2 Å². The van der Waals surface area contributed by atoms with Crippen molar-refractivity contribution in [3.8, 4) is 5.75 Å². The summed E-state index contributed by atoms with van der Waals surface area (Å²) in [5.74, 6) is 0.903. The molecule has 0 spiro atoms. The summed E-state index contributed by atoms with van der Waals surface area (Å²) in [6.07, 6.45) is 1.01. The number of nitrogens with zero attached hydrogens (tertiary/aromatic N) is 2. The van der Waals surface area contributed by atoms with Gasteiger partial charge in [-0.15, -0.1) is 0 Å². The molecule has 3 aromatic rings. The Labute approximate surface area is 205 Å². The first-order chi connectivity index (χ1) is 16.0. The Kier molecular flexibility index (Phi) is 7.92. The number of hydrogen-bond acceptors (Lipinski definition) is 3. The predicted octanol–water partition coefficient (Wildman–Crippen LogP) is 6.09. The highest BCUT2D eigenvalue weighted by atomic mass is 35.5. The third kappa shape index (κ3) is 6.29. The van der Waals surface area contributed by atoms with Crippen molar-refractivity contribution in [3.05, 3.63) is 99.0 Å². The highest BCUT2D eigenvalue weighted by Crippen LogP contribution is 2.23. The van der Waals surface area contributed by atoms with Crippen LogP contribution in [-0.2, 0) is 19.6 Å². The zero-order chi connectivity index (χ0) is 23.2. The van der Waals surface area contributed by atoms with Gasteiger partial charge in [0.25, 0.3) is 5.91 Å². The van der Waals surface area contributed by atoms with Crippen molar-refractivity contribution < 1.29 is 9.53 Å². The number of halogens is 2. The van der Waals surface area contributed by atoms with Gasteiger partial charge < -0.3 is 9.64 Å². The Morgan fingerprint density at radius 1 is 0.848 bits per heavy atom. The summed E-state index contributed by atoms with van der Waals surface area (Å²) < 4.78 is 5.91. The molecule has 1 aliphatic heterocycles. The Balaban J connectivity index is 1.30. The van der Waals surface area contributed by atoms with E-state index in [1.165, 1.54) is 5.56 Å². The maximum Gasteiger partial charge on any atom is 0.253 e. The predicted molar refractivity (Wildman–Crippen MR) is 134 cm³/mol. The summed E-state index contributed by atoms with van der Waals surface area (Å²) in [5.41, 5.74) is 4.10. The van der Waals surface area contributed by atoms with Crippen LogP contribution in [0.15, 0.2) is 66.7 Å². The first-order valence-electron chi connectivity index (χ1n) is 11.3. The van der Waals surface area contributed by atoms with Crippen LogP contribution in [0.3, 0.4) is 0 Å². The number of carbonyl (C=O) groups is 1. The number of amides is 1. The van der Waals surface area contributed by atoms with Crippen molar-refractivity contribution in [2.75, 3.05) is 26.2 Å². The van der Waals surface area contributed by atoms with Crippen LogP contribution in [0.4, 0.5) is 0 Å². The van der Waals surface area contributed by atoms with E-state index in [4.69, 9.17) is 27.9 Å². The molecule has 0 bridgehead atoms. The van der Waals surface area contributed by atoms with Gasteiger partial charge in [-0.3, -0.25) is 9.69 Å². The summed E-state index contributed by atoms with van der Waals surface area (Å²) in [6.45, 7) is 6.41. The minimum Gasteiger partial charge on any atom is -0.489 e. The zero-order valence-corrected chi connectivity index (χ0v) is 20.3. The van der Waals surface area contributed by atoms with E-state index in [2.05, 4.69) is 24.0 Å². The number of ether oxygens (including phenoxy) is 1. The molecule has 172 valence electrons. The van der Waals surface area contributed by atoms with Crippen LogP contribution in [0.2, 0.25) is 10.0 Å². The number of hydrogen-bond donors (Lipinski definition) is 0. The lowest BCUT2D eigenvalue weighted by molar-refractivity contribution is 0.0628. The summed E-state index contributed by atoms with van der Waals surface area (Å²) >= 11 is 12.1. The molecule has 0 atom stereocenters. The van der Waals surface area contributed by atoms with Crippen LogP contribution in [0.25, 0.3) is 0 Å². The average molecular weight is 483 g/mol. The van der Waals surface area contributed by atoms with E-state index < -0.39 is 0 Å². The second-order valence-electron chi connectivity index (χ2n) is 8.30. The molecule has 1 aliphatic rings. The summed E-state index contributed by atoms with van der Waals surface area (Å²) in [6, 6.07) is 21.6. The molecule has 1 heterocycles. The maximum absolute atomic E-state index is 13.1. The first kappa shape index (κ1) is 23.6. The van der Waals surface area contributed by atoms with E-state index in [9.17, 15) is 4.79 Å². The minimum absolute atomic E-state index is 0.0679.